The molecule has 0 heterocycles. The number of nitrogens with zero attached hydrogens (tertiary/aromatic N) is 2. The molecular formula is C21H27F2N3O3S. The van der Waals surface area contributed by atoms with Crippen molar-refractivity contribution < 1.29 is 22.0 Å². The molecule has 6 nitrogen and oxygen atoms in total. The van der Waals surface area contributed by atoms with E-state index in [4.69, 9.17) is 0 Å². The summed E-state index contributed by atoms with van der Waals surface area (Å²) in [5.41, 5.74) is 1.80. The number of anilines is 2. The smallest absolute Gasteiger partial charge is 0.243 e. The minimum Gasteiger partial charge on any atom is -0.372 e. The van der Waals surface area contributed by atoms with Gasteiger partial charge in [0.25, 0.3) is 0 Å². The molecular weight excluding hydrogens is 412 g/mol. The maximum Gasteiger partial charge on any atom is 0.243 e. The zero-order chi connectivity index (χ0) is 22.5. The summed E-state index contributed by atoms with van der Waals surface area (Å²) in [6.45, 7) is 7.50. The Labute approximate surface area is 176 Å². The van der Waals surface area contributed by atoms with Gasteiger partial charge < -0.3 is 10.2 Å². The predicted octanol–water partition coefficient (Wildman–Crippen LogP) is 3.28. The fraction of sp³-hybridized carbons (Fsp3) is 0.381. The SMILES string of the molecule is CCN(CC)c1ccc(CNC(=O)[C@@H](C)N(c2ccc(F)c(F)c2)S(C)(=O)=O)cc1. The lowest BCUT2D eigenvalue weighted by Gasteiger charge is -2.28. The lowest BCUT2D eigenvalue weighted by molar-refractivity contribution is -0.122. The zero-order valence-corrected chi connectivity index (χ0v) is 18.3. The standard InChI is InChI=1S/C21H27F2N3O3S/c1-5-25(6-2)17-9-7-16(8-10-17)14-24-21(27)15(3)26(30(4,28)29)18-11-12-19(22)20(23)13-18/h7-13,15H,5-6,14H2,1-4H3,(H,24,27)/t15-/m1/s1. The first-order chi connectivity index (χ1) is 14.1. The molecule has 0 spiro atoms. The Kier molecular flexibility index (Phi) is 7.77. The van der Waals surface area contributed by atoms with Crippen molar-refractivity contribution in [2.75, 3.05) is 28.6 Å². The average Bonchev–Trinajstić information content (AvgIpc) is 2.69. The fourth-order valence-corrected chi connectivity index (χ4v) is 4.35. The van der Waals surface area contributed by atoms with Crippen molar-refractivity contribution in [3.05, 3.63) is 59.7 Å². The molecule has 2 aromatic rings. The Morgan fingerprint density at radius 3 is 2.07 bits per heavy atom. The van der Waals surface area contributed by atoms with Crippen molar-refractivity contribution in [2.45, 2.75) is 33.4 Å². The van der Waals surface area contributed by atoms with Gasteiger partial charge in [0, 0.05) is 31.4 Å². The van der Waals surface area contributed by atoms with Gasteiger partial charge in [-0.2, -0.15) is 0 Å². The number of nitrogens with one attached hydrogen (secondary N) is 1. The summed E-state index contributed by atoms with van der Waals surface area (Å²) < 4.78 is 52.1. The number of rotatable bonds is 9. The second kappa shape index (κ2) is 9.88. The molecule has 30 heavy (non-hydrogen) atoms. The van der Waals surface area contributed by atoms with E-state index in [9.17, 15) is 22.0 Å². The third kappa shape index (κ3) is 5.69. The Morgan fingerprint density at radius 2 is 1.57 bits per heavy atom. The Bertz CT molecular complexity index is 977. The van der Waals surface area contributed by atoms with Gasteiger partial charge in [0.2, 0.25) is 15.9 Å². The van der Waals surface area contributed by atoms with E-state index >= 15 is 0 Å². The third-order valence-electron chi connectivity index (χ3n) is 4.78. The van der Waals surface area contributed by atoms with Crippen LogP contribution in [0.15, 0.2) is 42.5 Å². The van der Waals surface area contributed by atoms with Gasteiger partial charge in [0.05, 0.1) is 11.9 Å². The van der Waals surface area contributed by atoms with Gasteiger partial charge >= 0.3 is 0 Å². The molecule has 0 aliphatic rings. The summed E-state index contributed by atoms with van der Waals surface area (Å²) in [7, 11) is -3.92. The van der Waals surface area contributed by atoms with Crippen LogP contribution in [0.5, 0.6) is 0 Å². The van der Waals surface area contributed by atoms with Crippen LogP contribution in [0.2, 0.25) is 0 Å². The van der Waals surface area contributed by atoms with Crippen LogP contribution < -0.4 is 14.5 Å². The molecule has 0 radical (unpaired) electrons. The summed E-state index contributed by atoms with van der Waals surface area (Å²) in [5, 5.41) is 2.70. The van der Waals surface area contributed by atoms with Crippen LogP contribution in [0.25, 0.3) is 0 Å². The van der Waals surface area contributed by atoms with Crippen LogP contribution in [0.1, 0.15) is 26.3 Å². The second-order valence-electron chi connectivity index (χ2n) is 6.89. The lowest BCUT2D eigenvalue weighted by atomic mass is 10.2. The van der Waals surface area contributed by atoms with Crippen molar-refractivity contribution in [3.63, 3.8) is 0 Å². The number of benzene rings is 2. The minimum atomic E-state index is -3.92. The van der Waals surface area contributed by atoms with Gasteiger partial charge in [-0.3, -0.25) is 9.10 Å². The van der Waals surface area contributed by atoms with Gasteiger partial charge in [-0.15, -0.1) is 0 Å². The number of halogens is 2. The van der Waals surface area contributed by atoms with Gasteiger partial charge in [-0.25, -0.2) is 17.2 Å². The summed E-state index contributed by atoms with van der Waals surface area (Å²) in [6.07, 6.45) is 0.907. The van der Waals surface area contributed by atoms with E-state index in [2.05, 4.69) is 24.1 Å². The first kappa shape index (κ1) is 23.6. The second-order valence-corrected chi connectivity index (χ2v) is 8.75. The molecule has 0 saturated carbocycles. The molecule has 0 fully saturated rings. The van der Waals surface area contributed by atoms with E-state index in [0.717, 1.165) is 53.1 Å². The highest BCUT2D eigenvalue weighted by atomic mass is 32.2. The highest BCUT2D eigenvalue weighted by molar-refractivity contribution is 7.92. The van der Waals surface area contributed by atoms with Crippen LogP contribution in [-0.4, -0.2) is 39.7 Å². The topological polar surface area (TPSA) is 69.7 Å². The van der Waals surface area contributed by atoms with Crippen molar-refractivity contribution in [2.24, 2.45) is 0 Å². The van der Waals surface area contributed by atoms with Crippen LogP contribution in [0, 0.1) is 11.6 Å². The lowest BCUT2D eigenvalue weighted by Crippen LogP contribution is -2.47. The van der Waals surface area contributed by atoms with Crippen LogP contribution in [0.3, 0.4) is 0 Å². The highest BCUT2D eigenvalue weighted by Gasteiger charge is 2.29. The fourth-order valence-electron chi connectivity index (χ4n) is 3.18. The maximum absolute atomic E-state index is 13.6. The Morgan fingerprint density at radius 1 is 1.00 bits per heavy atom. The van der Waals surface area contributed by atoms with Crippen molar-refractivity contribution in [3.8, 4) is 0 Å². The molecule has 0 aromatic heterocycles. The van der Waals surface area contributed by atoms with E-state index in [0.29, 0.717) is 0 Å². The highest BCUT2D eigenvalue weighted by Crippen LogP contribution is 2.23. The molecule has 0 bridgehead atoms. The molecule has 2 rings (SSSR count). The summed E-state index contributed by atoms with van der Waals surface area (Å²) in [4.78, 5) is 14.8. The summed E-state index contributed by atoms with van der Waals surface area (Å²) in [6, 6.07) is 9.25. The van der Waals surface area contributed by atoms with Crippen molar-refractivity contribution in [1.29, 1.82) is 0 Å². The van der Waals surface area contributed by atoms with E-state index < -0.39 is 33.6 Å². The molecule has 9 heteroatoms. The van der Waals surface area contributed by atoms with Gasteiger partial charge in [-0.05, 0) is 50.6 Å². The quantitative estimate of drug-likeness (QED) is 0.651. The number of carbonyl (C=O) groups excluding carboxylic acids is 1. The van der Waals surface area contributed by atoms with Crippen molar-refractivity contribution >= 4 is 27.3 Å². The number of carbonyl (C=O) groups is 1. The molecule has 1 atom stereocenters. The Hall–Kier alpha value is -2.68. The molecule has 0 saturated heterocycles. The summed E-state index contributed by atoms with van der Waals surface area (Å²) >= 11 is 0. The zero-order valence-electron chi connectivity index (χ0n) is 17.5. The molecule has 2 aromatic carbocycles. The third-order valence-corrected chi connectivity index (χ3v) is 6.02. The normalized spacial score (nSPS) is 12.3. The minimum absolute atomic E-state index is 0.123. The van der Waals surface area contributed by atoms with E-state index in [-0.39, 0.29) is 12.2 Å². The first-order valence-corrected chi connectivity index (χ1v) is 11.5. The molecule has 1 N–H and O–H groups in total. The van der Waals surface area contributed by atoms with E-state index in [1.807, 2.05) is 24.3 Å². The number of amides is 1. The van der Waals surface area contributed by atoms with Gasteiger partial charge in [-0.1, -0.05) is 12.1 Å². The summed E-state index contributed by atoms with van der Waals surface area (Å²) in [5.74, 6) is -2.85. The van der Waals surface area contributed by atoms with Gasteiger partial charge in [0.15, 0.2) is 11.6 Å². The number of sulfonamides is 1. The van der Waals surface area contributed by atoms with E-state index in [1.165, 1.54) is 6.92 Å². The van der Waals surface area contributed by atoms with Crippen LogP contribution in [-0.2, 0) is 21.4 Å². The number of hydrogen-bond acceptors (Lipinski definition) is 4. The molecule has 0 unspecified atom stereocenters. The monoisotopic (exact) mass is 439 g/mol. The first-order valence-electron chi connectivity index (χ1n) is 9.64. The number of hydrogen-bond donors (Lipinski definition) is 1. The largest absolute Gasteiger partial charge is 0.372 e. The van der Waals surface area contributed by atoms with Crippen LogP contribution in [0.4, 0.5) is 20.2 Å². The molecule has 0 aliphatic heterocycles. The van der Waals surface area contributed by atoms with Crippen molar-refractivity contribution in [1.82, 2.24) is 5.32 Å². The average molecular weight is 440 g/mol. The maximum atomic E-state index is 13.6. The molecule has 1 amide bonds. The molecule has 0 aliphatic carbocycles. The van der Waals surface area contributed by atoms with Gasteiger partial charge in [0.1, 0.15) is 6.04 Å². The molecule has 164 valence electrons. The van der Waals surface area contributed by atoms with Crippen LogP contribution >= 0.6 is 0 Å². The predicted molar refractivity (Wildman–Crippen MR) is 115 cm³/mol. The Balaban J connectivity index is 2.13. The van der Waals surface area contributed by atoms with E-state index in [1.54, 1.807) is 0 Å².